The van der Waals surface area contributed by atoms with Crippen LogP contribution in [-0.4, -0.2) is 9.52 Å². The van der Waals surface area contributed by atoms with Crippen LogP contribution in [0.15, 0.2) is 48.5 Å². The molecule has 0 fully saturated rings. The molecule has 0 aliphatic carbocycles. The molecule has 0 saturated heterocycles. The number of rotatable bonds is 1. The Hall–Kier alpha value is -1.34. The van der Waals surface area contributed by atoms with Crippen LogP contribution in [0, 0.1) is 13.8 Å². The fourth-order valence-electron chi connectivity index (χ4n) is 1.75. The lowest BCUT2D eigenvalue weighted by atomic mass is 9.97. The molecule has 0 aromatic heterocycles. The fourth-order valence-corrected chi connectivity index (χ4v) is 1.75. The van der Waals surface area contributed by atoms with Gasteiger partial charge in [0, 0.05) is 9.52 Å². The van der Waals surface area contributed by atoms with E-state index >= 15 is 0 Å². The van der Waals surface area contributed by atoms with Crippen molar-refractivity contribution in [3.8, 4) is 11.1 Å². The predicted octanol–water partition coefficient (Wildman–Crippen LogP) is 4.22. The van der Waals surface area contributed by atoms with Crippen LogP contribution in [0.2, 0.25) is 13.1 Å². The highest BCUT2D eigenvalue weighted by molar-refractivity contribution is 6.31. The van der Waals surface area contributed by atoms with E-state index in [0.717, 1.165) is 0 Å². The zero-order valence-corrected chi connectivity index (χ0v) is 12.7. The van der Waals surface area contributed by atoms with Crippen LogP contribution < -0.4 is 0 Å². The molecule has 0 bridgehead atoms. The first-order valence-corrected chi connectivity index (χ1v) is 9.15. The van der Waals surface area contributed by atoms with Gasteiger partial charge in [-0.1, -0.05) is 61.6 Å². The molecule has 90 valence electrons. The summed E-state index contributed by atoms with van der Waals surface area (Å²) in [6.45, 7) is 8.84. The molecular formula is C16H22Si. The molecule has 17 heavy (non-hydrogen) atoms. The molecule has 0 saturated carbocycles. The predicted molar refractivity (Wildman–Crippen MR) is 81.6 cm³/mol. The maximum Gasteiger partial charge on any atom is 0.0135 e. The van der Waals surface area contributed by atoms with Crippen LogP contribution in [0.3, 0.4) is 0 Å². The summed E-state index contributed by atoms with van der Waals surface area (Å²) in [4.78, 5) is 0. The lowest BCUT2D eigenvalue weighted by Gasteiger charge is -2.08. The molecule has 0 spiro atoms. The highest BCUT2D eigenvalue weighted by Gasteiger charge is 2.02. The van der Waals surface area contributed by atoms with Crippen molar-refractivity contribution in [1.82, 2.24) is 0 Å². The van der Waals surface area contributed by atoms with Crippen LogP contribution in [0.5, 0.6) is 0 Å². The van der Waals surface area contributed by atoms with E-state index in [2.05, 4.69) is 75.5 Å². The first-order valence-electron chi connectivity index (χ1n) is 6.32. The minimum Gasteiger partial charge on any atom is -0.0750 e. The molecule has 0 amide bonds. The van der Waals surface area contributed by atoms with Gasteiger partial charge in [0.1, 0.15) is 0 Å². The van der Waals surface area contributed by atoms with Crippen molar-refractivity contribution in [2.24, 2.45) is 0 Å². The van der Waals surface area contributed by atoms with E-state index in [1.54, 1.807) is 0 Å². The van der Waals surface area contributed by atoms with E-state index in [1.807, 2.05) is 0 Å². The SMILES string of the molecule is C[SiH2]C.Cc1ccccc1-c1ccccc1C. The molecule has 1 heteroatoms. The Morgan fingerprint density at radius 1 is 0.647 bits per heavy atom. The van der Waals surface area contributed by atoms with Crippen molar-refractivity contribution in [2.75, 3.05) is 0 Å². The lowest BCUT2D eigenvalue weighted by Crippen LogP contribution is -1.85. The maximum atomic E-state index is 2.26. The Bertz CT molecular complexity index is 417. The van der Waals surface area contributed by atoms with Crippen LogP contribution >= 0.6 is 0 Å². The molecule has 0 atom stereocenters. The van der Waals surface area contributed by atoms with Gasteiger partial charge in [-0.2, -0.15) is 0 Å². The van der Waals surface area contributed by atoms with Gasteiger partial charge >= 0.3 is 0 Å². The zero-order valence-electron chi connectivity index (χ0n) is 11.3. The highest BCUT2D eigenvalue weighted by atomic mass is 28.2. The number of hydrogen-bond acceptors (Lipinski definition) is 0. The standard InChI is InChI=1S/C14H14.C2H8Si/c1-11-7-3-5-9-13(11)14-10-6-4-8-12(14)2;1-3-2/h3-10H,1-2H3;3H2,1-2H3. The van der Waals surface area contributed by atoms with E-state index in [1.165, 1.54) is 22.3 Å². The van der Waals surface area contributed by atoms with Crippen LogP contribution in [0.4, 0.5) is 0 Å². The summed E-state index contributed by atoms with van der Waals surface area (Å²) >= 11 is 0. The first-order chi connectivity index (χ1) is 8.20. The summed E-state index contributed by atoms with van der Waals surface area (Å²) in [6.07, 6.45) is 0. The van der Waals surface area contributed by atoms with Crippen molar-refractivity contribution < 1.29 is 0 Å². The summed E-state index contributed by atoms with van der Waals surface area (Å²) in [6, 6.07) is 17.0. The molecule has 2 aromatic rings. The fraction of sp³-hybridized carbons (Fsp3) is 0.250. The summed E-state index contributed by atoms with van der Waals surface area (Å²) in [5.74, 6) is 0. The molecule has 0 aliphatic heterocycles. The van der Waals surface area contributed by atoms with Crippen LogP contribution in [0.1, 0.15) is 11.1 Å². The second-order valence-corrected chi connectivity index (χ2v) is 5.75. The summed E-state index contributed by atoms with van der Waals surface area (Å²) < 4.78 is 0. The number of benzene rings is 2. The Morgan fingerprint density at radius 2 is 0.941 bits per heavy atom. The largest absolute Gasteiger partial charge is 0.0750 e. The lowest BCUT2D eigenvalue weighted by molar-refractivity contribution is 1.41. The number of aryl methyl sites for hydroxylation is 2. The molecule has 0 aliphatic rings. The topological polar surface area (TPSA) is 0 Å². The van der Waals surface area contributed by atoms with E-state index in [-0.39, 0.29) is 0 Å². The Labute approximate surface area is 108 Å². The molecule has 0 nitrogen and oxygen atoms in total. The quantitative estimate of drug-likeness (QED) is 0.657. The van der Waals surface area contributed by atoms with Crippen molar-refractivity contribution in [3.05, 3.63) is 59.7 Å². The van der Waals surface area contributed by atoms with Gasteiger partial charge in [0.15, 0.2) is 0 Å². The van der Waals surface area contributed by atoms with Crippen molar-refractivity contribution in [1.29, 1.82) is 0 Å². The molecule has 0 heterocycles. The Kier molecular flexibility index (Phi) is 5.71. The average Bonchev–Trinajstić information content (AvgIpc) is 2.32. The monoisotopic (exact) mass is 242 g/mol. The van der Waals surface area contributed by atoms with E-state index in [0.29, 0.717) is 9.52 Å². The average molecular weight is 242 g/mol. The Balaban J connectivity index is 0.000000437. The van der Waals surface area contributed by atoms with Gasteiger partial charge in [0.05, 0.1) is 0 Å². The molecular weight excluding hydrogens is 220 g/mol. The minimum absolute atomic E-state index is 0.417. The summed E-state index contributed by atoms with van der Waals surface area (Å²) in [5.41, 5.74) is 5.35. The van der Waals surface area contributed by atoms with Gasteiger partial charge in [-0.3, -0.25) is 0 Å². The van der Waals surface area contributed by atoms with Crippen LogP contribution in [-0.2, 0) is 0 Å². The molecule has 0 unspecified atom stereocenters. The van der Waals surface area contributed by atoms with E-state index in [4.69, 9.17) is 0 Å². The third-order valence-electron chi connectivity index (χ3n) is 2.58. The zero-order chi connectivity index (χ0) is 12.7. The summed E-state index contributed by atoms with van der Waals surface area (Å²) in [5, 5.41) is 0. The first kappa shape index (κ1) is 13.7. The van der Waals surface area contributed by atoms with Crippen LogP contribution in [0.25, 0.3) is 11.1 Å². The van der Waals surface area contributed by atoms with Crippen molar-refractivity contribution in [3.63, 3.8) is 0 Å². The molecule has 2 rings (SSSR count). The van der Waals surface area contributed by atoms with Gasteiger partial charge < -0.3 is 0 Å². The van der Waals surface area contributed by atoms with Crippen molar-refractivity contribution in [2.45, 2.75) is 26.9 Å². The minimum atomic E-state index is 0.417. The molecule has 2 aromatic carbocycles. The highest BCUT2D eigenvalue weighted by Crippen LogP contribution is 2.25. The summed E-state index contributed by atoms with van der Waals surface area (Å²) in [7, 11) is 0.417. The molecule has 0 N–H and O–H groups in total. The van der Waals surface area contributed by atoms with Gasteiger partial charge in [-0.25, -0.2) is 0 Å². The second-order valence-electron chi connectivity index (χ2n) is 4.34. The van der Waals surface area contributed by atoms with Crippen molar-refractivity contribution >= 4 is 9.52 Å². The van der Waals surface area contributed by atoms with Gasteiger partial charge in [0.25, 0.3) is 0 Å². The number of hydrogen-bond donors (Lipinski definition) is 0. The maximum absolute atomic E-state index is 2.26. The third kappa shape index (κ3) is 3.86. The second kappa shape index (κ2) is 7.07. The normalized spacial score (nSPS) is 9.41. The van der Waals surface area contributed by atoms with E-state index in [9.17, 15) is 0 Å². The Morgan fingerprint density at radius 3 is 1.24 bits per heavy atom. The van der Waals surface area contributed by atoms with Gasteiger partial charge in [0.2, 0.25) is 0 Å². The smallest absolute Gasteiger partial charge is 0.0135 e. The molecule has 0 radical (unpaired) electrons. The van der Waals surface area contributed by atoms with Gasteiger partial charge in [-0.15, -0.1) is 0 Å². The van der Waals surface area contributed by atoms with E-state index < -0.39 is 0 Å². The third-order valence-corrected chi connectivity index (χ3v) is 2.58. The van der Waals surface area contributed by atoms with Gasteiger partial charge in [-0.05, 0) is 36.1 Å².